The van der Waals surface area contributed by atoms with E-state index in [1.165, 1.54) is 39.1 Å². The molecule has 5 N–H and O–H groups in total. The van der Waals surface area contributed by atoms with Crippen molar-refractivity contribution in [2.75, 3.05) is 0 Å². The van der Waals surface area contributed by atoms with Crippen molar-refractivity contribution in [3.63, 3.8) is 0 Å². The van der Waals surface area contributed by atoms with Gasteiger partial charge in [0.25, 0.3) is 0 Å². The van der Waals surface area contributed by atoms with Crippen molar-refractivity contribution in [1.29, 1.82) is 0 Å². The largest absolute Gasteiger partial charge is 0.443 e. The predicted molar refractivity (Wildman–Crippen MR) is 261 cm³/mol. The fourth-order valence-electron chi connectivity index (χ4n) is 6.46. The molecule has 0 spiro atoms. The molecule has 0 aliphatic heterocycles. The Kier molecular flexibility index (Phi) is 14.3. The van der Waals surface area contributed by atoms with Crippen molar-refractivity contribution >= 4 is 76.9 Å². The fourth-order valence-corrected chi connectivity index (χ4v) is 6.46. The summed E-state index contributed by atoms with van der Waals surface area (Å²) in [5.41, 5.74) is 11.5. The third kappa shape index (κ3) is 11.6. The summed E-state index contributed by atoms with van der Waals surface area (Å²) in [5.74, 6) is 0. The molecule has 0 fully saturated rings. The zero-order valence-electron chi connectivity index (χ0n) is 34.7. The average molecular weight is 837 g/mol. The van der Waals surface area contributed by atoms with Gasteiger partial charge >= 0.3 is 0 Å². The van der Waals surface area contributed by atoms with Gasteiger partial charge in [-0.15, -0.1) is 0 Å². The SMILES string of the molecule is c1ccc2[nH]ccc2c1.c1ccc2[nH]ccc2c1.c1ccc2[nH]ccc2c1.c1ccc2[nH]cnc2c1.c1ccc2[nH]cnc2c1.c1ccc2nccnc2c1.c1ccc2ocnc2c1. The third-order valence-corrected chi connectivity index (χ3v) is 9.66. The lowest BCUT2D eigenvalue weighted by Crippen LogP contribution is -1.78. The van der Waals surface area contributed by atoms with Gasteiger partial charge in [0.05, 0.1) is 45.8 Å². The van der Waals surface area contributed by atoms with E-state index in [4.69, 9.17) is 4.42 Å². The van der Waals surface area contributed by atoms with Crippen molar-refractivity contribution in [3.8, 4) is 0 Å². The normalized spacial score (nSPS) is 10.2. The molecule has 14 aromatic rings. The highest BCUT2D eigenvalue weighted by Gasteiger charge is 1.93. The molecule has 11 nitrogen and oxygen atoms in total. The highest BCUT2D eigenvalue weighted by atomic mass is 16.3. The first kappa shape index (κ1) is 41.6. The number of imidazole rings is 2. The summed E-state index contributed by atoms with van der Waals surface area (Å²) >= 11 is 0. The van der Waals surface area contributed by atoms with E-state index >= 15 is 0 Å². The van der Waals surface area contributed by atoms with E-state index in [0.717, 1.165) is 44.2 Å². The number of para-hydroxylation sites is 11. The minimum absolute atomic E-state index is 0.845. The molecule has 14 rings (SSSR count). The topological polar surface area (TPSA) is 157 Å². The van der Waals surface area contributed by atoms with Crippen LogP contribution in [0.1, 0.15) is 0 Å². The lowest BCUT2D eigenvalue weighted by atomic mass is 10.3. The molecule has 11 heteroatoms. The van der Waals surface area contributed by atoms with Crippen molar-refractivity contribution in [2.45, 2.75) is 0 Å². The second-order valence-corrected chi connectivity index (χ2v) is 13.9. The van der Waals surface area contributed by atoms with E-state index in [1.807, 2.05) is 152 Å². The Balaban J connectivity index is 0.000000102. The Hall–Kier alpha value is -9.09. The van der Waals surface area contributed by atoms with E-state index in [2.05, 4.69) is 104 Å². The maximum Gasteiger partial charge on any atom is 0.181 e. The Labute approximate surface area is 368 Å². The van der Waals surface area contributed by atoms with Crippen LogP contribution in [0.15, 0.2) is 243 Å². The molecule has 0 atom stereocenters. The Morgan fingerprint density at radius 3 is 1.05 bits per heavy atom. The first-order valence-electron chi connectivity index (χ1n) is 20.5. The number of oxazole rings is 1. The average Bonchev–Trinajstić information content (AvgIpc) is 4.24. The van der Waals surface area contributed by atoms with Gasteiger partial charge in [0.15, 0.2) is 12.0 Å². The van der Waals surface area contributed by atoms with Gasteiger partial charge in [0.1, 0.15) is 5.52 Å². The molecule has 0 aliphatic carbocycles. The van der Waals surface area contributed by atoms with E-state index < -0.39 is 0 Å². The number of aromatic amines is 5. The molecule has 0 saturated heterocycles. The second-order valence-electron chi connectivity index (χ2n) is 13.9. The van der Waals surface area contributed by atoms with Crippen LogP contribution in [0.5, 0.6) is 0 Å². The van der Waals surface area contributed by atoms with Gasteiger partial charge in [0, 0.05) is 47.5 Å². The smallest absolute Gasteiger partial charge is 0.181 e. The molecule has 0 bridgehead atoms. The Bertz CT molecular complexity index is 2760. The van der Waals surface area contributed by atoms with Crippen LogP contribution < -0.4 is 0 Å². The van der Waals surface area contributed by atoms with Gasteiger partial charge in [-0.05, 0) is 101 Å². The lowest BCUT2D eigenvalue weighted by Gasteiger charge is -1.90. The molecule has 64 heavy (non-hydrogen) atoms. The standard InChI is InChI=1S/C8H6N2.3C8H7N.2C7H6N2.C7H5NO/c1-2-4-8-7(3-1)9-5-6-10-8;3*1-2-4-8-7(3-1)5-6-9-8;3*1-2-4-7-6(3-1)8-5-9-7/h1-6H;3*1-6,9H;2*1-5H,(H,8,9);1-5H. The van der Waals surface area contributed by atoms with Gasteiger partial charge in [-0.1, -0.05) is 103 Å². The summed E-state index contributed by atoms with van der Waals surface area (Å²) in [6.45, 7) is 0. The minimum atomic E-state index is 0.845. The number of hydrogen-bond donors (Lipinski definition) is 5. The van der Waals surface area contributed by atoms with Crippen LogP contribution in [0, 0.1) is 0 Å². The number of nitrogens with zero attached hydrogens (tertiary/aromatic N) is 5. The maximum atomic E-state index is 5.01. The van der Waals surface area contributed by atoms with Crippen molar-refractivity contribution in [1.82, 2.24) is 49.8 Å². The van der Waals surface area contributed by atoms with Gasteiger partial charge < -0.3 is 29.3 Å². The summed E-state index contributed by atoms with van der Waals surface area (Å²) in [5, 5.41) is 3.83. The molecular formula is C53H44N10O. The molecule has 0 aliphatic rings. The maximum absolute atomic E-state index is 5.01. The quantitative estimate of drug-likeness (QED) is 0.102. The third-order valence-electron chi connectivity index (χ3n) is 9.66. The molecular weight excluding hydrogens is 793 g/mol. The number of fused-ring (bicyclic) bond motifs is 7. The first-order valence-corrected chi connectivity index (χ1v) is 20.5. The monoisotopic (exact) mass is 836 g/mol. The van der Waals surface area contributed by atoms with Gasteiger partial charge in [-0.3, -0.25) is 9.97 Å². The van der Waals surface area contributed by atoms with Crippen molar-refractivity contribution in [3.05, 3.63) is 238 Å². The molecule has 0 amide bonds. The minimum Gasteiger partial charge on any atom is -0.443 e. The highest BCUT2D eigenvalue weighted by molar-refractivity contribution is 5.80. The molecule has 7 aromatic heterocycles. The first-order chi connectivity index (χ1) is 31.8. The fraction of sp³-hybridized carbons (Fsp3) is 0. The summed E-state index contributed by atoms with van der Waals surface area (Å²) in [7, 11) is 0. The predicted octanol–water partition coefficient (Wildman–Crippen LogP) is 13.1. The molecule has 0 unspecified atom stereocenters. The van der Waals surface area contributed by atoms with Crippen LogP contribution in [0.3, 0.4) is 0 Å². The number of nitrogens with one attached hydrogen (secondary N) is 5. The van der Waals surface area contributed by atoms with E-state index in [9.17, 15) is 0 Å². The Morgan fingerprint density at radius 2 is 0.641 bits per heavy atom. The van der Waals surface area contributed by atoms with Crippen LogP contribution in [0.25, 0.3) is 76.9 Å². The van der Waals surface area contributed by atoms with Crippen molar-refractivity contribution < 1.29 is 4.42 Å². The van der Waals surface area contributed by atoms with Gasteiger partial charge in [-0.25, -0.2) is 15.0 Å². The van der Waals surface area contributed by atoms with Gasteiger partial charge in [0.2, 0.25) is 0 Å². The van der Waals surface area contributed by atoms with E-state index in [0.29, 0.717) is 0 Å². The molecule has 0 radical (unpaired) electrons. The van der Waals surface area contributed by atoms with Crippen molar-refractivity contribution in [2.24, 2.45) is 0 Å². The van der Waals surface area contributed by atoms with Gasteiger partial charge in [-0.2, -0.15) is 0 Å². The van der Waals surface area contributed by atoms with Crippen LogP contribution in [0.4, 0.5) is 0 Å². The summed E-state index contributed by atoms with van der Waals surface area (Å²) in [4.78, 5) is 35.7. The van der Waals surface area contributed by atoms with E-state index in [1.54, 1.807) is 25.0 Å². The molecule has 7 aromatic carbocycles. The number of rotatable bonds is 0. The lowest BCUT2D eigenvalue weighted by molar-refractivity contribution is 0.602. The van der Waals surface area contributed by atoms with E-state index in [-0.39, 0.29) is 0 Å². The molecule has 312 valence electrons. The van der Waals surface area contributed by atoms with Crippen LogP contribution in [-0.4, -0.2) is 49.8 Å². The number of aromatic nitrogens is 10. The number of benzene rings is 7. The number of H-pyrrole nitrogens is 5. The zero-order valence-corrected chi connectivity index (χ0v) is 34.7. The zero-order chi connectivity index (χ0) is 43.4. The summed E-state index contributed by atoms with van der Waals surface area (Å²) < 4.78 is 5.01. The Morgan fingerprint density at radius 1 is 0.281 bits per heavy atom. The second kappa shape index (κ2) is 22.0. The van der Waals surface area contributed by atoms with Crippen LogP contribution >= 0.6 is 0 Å². The summed E-state index contributed by atoms with van der Waals surface area (Å²) in [6.07, 6.45) is 14.1. The summed E-state index contributed by atoms with van der Waals surface area (Å²) in [6, 6.07) is 62.2. The van der Waals surface area contributed by atoms with Crippen LogP contribution in [-0.2, 0) is 0 Å². The highest BCUT2D eigenvalue weighted by Crippen LogP contribution is 2.12. The molecule has 7 heterocycles. The number of hydrogen-bond acceptors (Lipinski definition) is 6. The molecule has 0 saturated carbocycles. The van der Waals surface area contributed by atoms with Crippen LogP contribution in [0.2, 0.25) is 0 Å².